The van der Waals surface area contributed by atoms with Crippen LogP contribution in [0.4, 0.5) is 16.2 Å². The molecule has 0 aromatic heterocycles. The number of nitrogens with zero attached hydrogens (tertiary/aromatic N) is 1. The summed E-state index contributed by atoms with van der Waals surface area (Å²) in [6.07, 6.45) is 3.39. The summed E-state index contributed by atoms with van der Waals surface area (Å²) in [5, 5.41) is 13.6. The molecule has 0 unspecified atom stereocenters. The molecule has 0 bridgehead atoms. The molecule has 7 heteroatoms. The van der Waals surface area contributed by atoms with E-state index in [2.05, 4.69) is 5.32 Å². The lowest BCUT2D eigenvalue weighted by Gasteiger charge is -2.05. The van der Waals surface area contributed by atoms with Gasteiger partial charge in [-0.1, -0.05) is 42.5 Å². The van der Waals surface area contributed by atoms with E-state index in [1.165, 1.54) is 6.07 Å². The molecular formula is C18H19N3O4. The fraction of sp³-hybridized carbons (Fsp3) is 0.167. The molecule has 0 atom stereocenters. The minimum Gasteiger partial charge on any atom is -0.445 e. The Hall–Kier alpha value is -3.35. The van der Waals surface area contributed by atoms with E-state index in [0.29, 0.717) is 24.2 Å². The Balaban J connectivity index is 1.74. The van der Waals surface area contributed by atoms with Crippen molar-refractivity contribution in [2.45, 2.75) is 13.0 Å². The summed E-state index contributed by atoms with van der Waals surface area (Å²) in [4.78, 5) is 22.1. The van der Waals surface area contributed by atoms with Gasteiger partial charge in [-0.3, -0.25) is 10.1 Å². The third kappa shape index (κ3) is 5.98. The molecule has 3 N–H and O–H groups in total. The first kappa shape index (κ1) is 18.0. The van der Waals surface area contributed by atoms with Gasteiger partial charge >= 0.3 is 6.09 Å². The number of nitrogen functional groups attached to an aromatic ring is 1. The number of alkyl carbamates (subject to hydrolysis) is 1. The highest BCUT2D eigenvalue weighted by Crippen LogP contribution is 2.22. The second kappa shape index (κ2) is 9.07. The van der Waals surface area contributed by atoms with Crippen LogP contribution in [0.25, 0.3) is 6.08 Å². The SMILES string of the molecule is Nc1ccc(C=CCCNC(=O)OCc2ccccc2)c([N+](=O)[O-])c1. The smallest absolute Gasteiger partial charge is 0.407 e. The first-order valence-corrected chi connectivity index (χ1v) is 7.71. The third-order valence-corrected chi connectivity index (χ3v) is 3.34. The second-order valence-electron chi connectivity index (χ2n) is 5.25. The fourth-order valence-corrected chi connectivity index (χ4v) is 2.10. The minimum absolute atomic E-state index is 0.0496. The van der Waals surface area contributed by atoms with Crippen molar-refractivity contribution in [2.75, 3.05) is 12.3 Å². The van der Waals surface area contributed by atoms with Gasteiger partial charge in [-0.2, -0.15) is 0 Å². The van der Waals surface area contributed by atoms with Crippen molar-refractivity contribution in [1.82, 2.24) is 5.32 Å². The Kier molecular flexibility index (Phi) is 6.53. The molecule has 0 radical (unpaired) electrons. The van der Waals surface area contributed by atoms with Crippen LogP contribution < -0.4 is 11.1 Å². The molecule has 130 valence electrons. The van der Waals surface area contributed by atoms with Crippen LogP contribution >= 0.6 is 0 Å². The molecule has 2 aromatic rings. The van der Waals surface area contributed by atoms with Crippen LogP contribution in [0.15, 0.2) is 54.6 Å². The number of carbonyl (C=O) groups is 1. The Bertz CT molecular complexity index is 760. The monoisotopic (exact) mass is 341 g/mol. The maximum Gasteiger partial charge on any atom is 0.407 e. The second-order valence-corrected chi connectivity index (χ2v) is 5.25. The Morgan fingerprint density at radius 1 is 1.24 bits per heavy atom. The van der Waals surface area contributed by atoms with Crippen molar-refractivity contribution in [3.63, 3.8) is 0 Å². The number of ether oxygens (including phenoxy) is 1. The summed E-state index contributed by atoms with van der Waals surface area (Å²) in [6.45, 7) is 0.576. The third-order valence-electron chi connectivity index (χ3n) is 3.34. The van der Waals surface area contributed by atoms with Gasteiger partial charge in [0, 0.05) is 18.3 Å². The zero-order valence-electron chi connectivity index (χ0n) is 13.6. The molecule has 0 aliphatic heterocycles. The van der Waals surface area contributed by atoms with Gasteiger partial charge < -0.3 is 15.8 Å². The van der Waals surface area contributed by atoms with Gasteiger partial charge in [0.2, 0.25) is 0 Å². The van der Waals surface area contributed by atoms with Gasteiger partial charge in [0.15, 0.2) is 0 Å². The van der Waals surface area contributed by atoms with Crippen molar-refractivity contribution in [1.29, 1.82) is 0 Å². The van der Waals surface area contributed by atoms with Gasteiger partial charge in [-0.05, 0) is 24.1 Å². The number of nitrogens with two attached hydrogens (primary N) is 1. The van der Waals surface area contributed by atoms with Crippen LogP contribution in [-0.2, 0) is 11.3 Å². The van der Waals surface area contributed by atoms with Crippen LogP contribution in [0, 0.1) is 10.1 Å². The van der Waals surface area contributed by atoms with E-state index in [-0.39, 0.29) is 12.3 Å². The summed E-state index contributed by atoms with van der Waals surface area (Å²) >= 11 is 0. The summed E-state index contributed by atoms with van der Waals surface area (Å²) in [5.41, 5.74) is 7.22. The maximum absolute atomic E-state index is 11.6. The molecule has 1 amide bonds. The van der Waals surface area contributed by atoms with Crippen molar-refractivity contribution >= 4 is 23.5 Å². The molecule has 0 aliphatic rings. The van der Waals surface area contributed by atoms with E-state index < -0.39 is 11.0 Å². The van der Waals surface area contributed by atoms with Crippen LogP contribution in [0.2, 0.25) is 0 Å². The molecule has 0 aliphatic carbocycles. The fourth-order valence-electron chi connectivity index (χ4n) is 2.10. The lowest BCUT2D eigenvalue weighted by Crippen LogP contribution is -2.24. The number of amides is 1. The van der Waals surface area contributed by atoms with E-state index in [0.717, 1.165) is 5.56 Å². The van der Waals surface area contributed by atoms with E-state index in [1.807, 2.05) is 30.3 Å². The topological polar surface area (TPSA) is 107 Å². The van der Waals surface area contributed by atoms with Crippen molar-refractivity contribution in [2.24, 2.45) is 0 Å². The zero-order valence-corrected chi connectivity index (χ0v) is 13.6. The Morgan fingerprint density at radius 3 is 2.72 bits per heavy atom. The van der Waals surface area contributed by atoms with Crippen molar-refractivity contribution < 1.29 is 14.5 Å². The molecule has 25 heavy (non-hydrogen) atoms. The quantitative estimate of drug-likeness (QED) is 0.347. The van der Waals surface area contributed by atoms with Crippen LogP contribution in [0.3, 0.4) is 0 Å². The Labute approximate surface area is 145 Å². The summed E-state index contributed by atoms with van der Waals surface area (Å²) < 4.78 is 5.08. The predicted molar refractivity (Wildman–Crippen MR) is 95.8 cm³/mol. The summed E-state index contributed by atoms with van der Waals surface area (Å²) in [5.74, 6) is 0. The number of hydrogen-bond acceptors (Lipinski definition) is 5. The molecule has 2 aromatic carbocycles. The predicted octanol–water partition coefficient (Wildman–Crippen LogP) is 3.51. The van der Waals surface area contributed by atoms with Gasteiger partial charge in [0.1, 0.15) is 6.61 Å². The maximum atomic E-state index is 11.6. The minimum atomic E-state index is -0.504. The molecule has 0 fully saturated rings. The average Bonchev–Trinajstić information content (AvgIpc) is 2.61. The number of benzene rings is 2. The van der Waals surface area contributed by atoms with E-state index in [9.17, 15) is 14.9 Å². The lowest BCUT2D eigenvalue weighted by atomic mass is 10.1. The highest BCUT2D eigenvalue weighted by atomic mass is 16.6. The number of anilines is 1. The molecule has 0 spiro atoms. The first-order chi connectivity index (χ1) is 12.1. The van der Waals surface area contributed by atoms with E-state index in [1.54, 1.807) is 24.3 Å². The zero-order chi connectivity index (χ0) is 18.1. The van der Waals surface area contributed by atoms with E-state index in [4.69, 9.17) is 10.5 Å². The van der Waals surface area contributed by atoms with Crippen molar-refractivity contribution in [3.05, 3.63) is 75.8 Å². The molecule has 0 saturated carbocycles. The van der Waals surface area contributed by atoms with Crippen LogP contribution in [0.1, 0.15) is 17.5 Å². The van der Waals surface area contributed by atoms with Crippen molar-refractivity contribution in [3.8, 4) is 0 Å². The highest BCUT2D eigenvalue weighted by molar-refractivity contribution is 5.67. The molecular weight excluding hydrogens is 322 g/mol. The number of nitrogens with one attached hydrogen (secondary N) is 1. The first-order valence-electron chi connectivity index (χ1n) is 7.71. The van der Waals surface area contributed by atoms with Gasteiger partial charge in [0.05, 0.1) is 10.5 Å². The molecule has 2 rings (SSSR count). The lowest BCUT2D eigenvalue weighted by molar-refractivity contribution is -0.385. The summed E-state index contributed by atoms with van der Waals surface area (Å²) in [6, 6.07) is 13.9. The Morgan fingerprint density at radius 2 is 2.00 bits per heavy atom. The molecule has 0 saturated heterocycles. The number of carbonyl (C=O) groups excluding carboxylic acids is 1. The standard InChI is InChI=1S/C18H19N3O4/c19-16-10-9-15(17(12-16)21(23)24)8-4-5-11-20-18(22)25-13-14-6-2-1-3-7-14/h1-4,6-10,12H,5,11,13,19H2,(H,20,22). The molecule has 7 nitrogen and oxygen atoms in total. The van der Waals surface area contributed by atoms with E-state index >= 15 is 0 Å². The normalized spacial score (nSPS) is 10.6. The van der Waals surface area contributed by atoms with Gasteiger partial charge in [0.25, 0.3) is 5.69 Å². The number of rotatable bonds is 7. The molecule has 0 heterocycles. The summed E-state index contributed by atoms with van der Waals surface area (Å²) in [7, 11) is 0. The highest BCUT2D eigenvalue weighted by Gasteiger charge is 2.11. The van der Waals surface area contributed by atoms with Crippen LogP contribution in [-0.4, -0.2) is 17.6 Å². The average molecular weight is 341 g/mol. The number of nitro benzene ring substituents is 1. The largest absolute Gasteiger partial charge is 0.445 e. The number of hydrogen-bond donors (Lipinski definition) is 2. The van der Waals surface area contributed by atoms with Crippen LogP contribution in [0.5, 0.6) is 0 Å². The van der Waals surface area contributed by atoms with Gasteiger partial charge in [-0.15, -0.1) is 0 Å². The number of nitro groups is 1. The van der Waals surface area contributed by atoms with Gasteiger partial charge in [-0.25, -0.2) is 4.79 Å².